The minimum atomic E-state index is 0.111. The molecule has 0 aliphatic heterocycles. The smallest absolute Gasteiger partial charge is 0.219 e. The molecule has 3 aromatic rings. The number of aryl methyl sites for hydroxylation is 1. The first kappa shape index (κ1) is 13.0. The maximum Gasteiger partial charge on any atom is 0.219 e. The summed E-state index contributed by atoms with van der Waals surface area (Å²) in [5.74, 6) is 6.89. The molecule has 0 bridgehead atoms. The van der Waals surface area contributed by atoms with Gasteiger partial charge in [0, 0.05) is 11.8 Å². The van der Waals surface area contributed by atoms with Crippen molar-refractivity contribution in [2.24, 2.45) is 0 Å². The van der Waals surface area contributed by atoms with Crippen molar-refractivity contribution >= 4 is 5.65 Å². The molecular weight excluding hydrogens is 266 g/mol. The molecule has 0 fully saturated rings. The standard InChI is InChI=1S/C16H13N3O2/c1-11-16(20)19-10-13(17-9-15(19)18-11)6-3-12-4-7-14(21-2)8-5-12/h4-5,7-10,20H,1-2H3. The van der Waals surface area contributed by atoms with Gasteiger partial charge in [-0.1, -0.05) is 5.92 Å². The second-order valence-corrected chi connectivity index (χ2v) is 4.50. The molecule has 0 amide bonds. The Kier molecular flexibility index (Phi) is 3.20. The van der Waals surface area contributed by atoms with E-state index in [2.05, 4.69) is 21.8 Å². The number of nitrogens with zero attached hydrogens (tertiary/aromatic N) is 3. The van der Waals surface area contributed by atoms with Gasteiger partial charge in [-0.3, -0.25) is 4.40 Å². The normalized spacial score (nSPS) is 10.2. The fraction of sp³-hybridized carbons (Fsp3) is 0.125. The summed E-state index contributed by atoms with van der Waals surface area (Å²) in [5.41, 5.74) is 2.59. The van der Waals surface area contributed by atoms with E-state index in [9.17, 15) is 5.11 Å². The Morgan fingerprint density at radius 3 is 2.67 bits per heavy atom. The molecule has 0 radical (unpaired) electrons. The lowest BCUT2D eigenvalue weighted by Crippen LogP contribution is -1.90. The molecule has 0 atom stereocenters. The Labute approximate surface area is 121 Å². The number of methoxy groups -OCH3 is 1. The first-order valence-electron chi connectivity index (χ1n) is 6.37. The zero-order valence-corrected chi connectivity index (χ0v) is 11.7. The van der Waals surface area contributed by atoms with Gasteiger partial charge in [-0.15, -0.1) is 0 Å². The average Bonchev–Trinajstić information content (AvgIpc) is 2.80. The van der Waals surface area contributed by atoms with Crippen LogP contribution in [0.15, 0.2) is 36.7 Å². The van der Waals surface area contributed by atoms with E-state index in [-0.39, 0.29) is 5.88 Å². The fourth-order valence-electron chi connectivity index (χ4n) is 1.93. The fourth-order valence-corrected chi connectivity index (χ4v) is 1.93. The van der Waals surface area contributed by atoms with Crippen molar-refractivity contribution in [2.75, 3.05) is 7.11 Å². The first-order valence-corrected chi connectivity index (χ1v) is 6.37. The van der Waals surface area contributed by atoms with Crippen molar-refractivity contribution in [1.29, 1.82) is 0 Å². The van der Waals surface area contributed by atoms with E-state index in [1.807, 2.05) is 24.3 Å². The molecule has 5 nitrogen and oxygen atoms in total. The Balaban J connectivity index is 1.94. The highest BCUT2D eigenvalue weighted by Crippen LogP contribution is 2.17. The minimum Gasteiger partial charge on any atom is -0.497 e. The number of aromatic hydroxyl groups is 1. The lowest BCUT2D eigenvalue weighted by atomic mass is 10.2. The molecule has 3 rings (SSSR count). The third-order valence-corrected chi connectivity index (χ3v) is 3.08. The molecule has 0 spiro atoms. The highest BCUT2D eigenvalue weighted by Gasteiger charge is 2.06. The third-order valence-electron chi connectivity index (χ3n) is 3.08. The van der Waals surface area contributed by atoms with Crippen LogP contribution in [-0.4, -0.2) is 26.6 Å². The summed E-state index contributed by atoms with van der Waals surface area (Å²) < 4.78 is 6.67. The number of hydrogen-bond acceptors (Lipinski definition) is 4. The summed E-state index contributed by atoms with van der Waals surface area (Å²) in [6, 6.07) is 7.46. The number of ether oxygens (including phenoxy) is 1. The van der Waals surface area contributed by atoms with E-state index in [1.54, 1.807) is 30.8 Å². The largest absolute Gasteiger partial charge is 0.497 e. The van der Waals surface area contributed by atoms with E-state index < -0.39 is 0 Å². The van der Waals surface area contributed by atoms with Crippen molar-refractivity contribution in [3.05, 3.63) is 53.6 Å². The molecule has 5 heteroatoms. The Morgan fingerprint density at radius 2 is 1.95 bits per heavy atom. The highest BCUT2D eigenvalue weighted by molar-refractivity contribution is 5.47. The monoisotopic (exact) mass is 279 g/mol. The summed E-state index contributed by atoms with van der Waals surface area (Å²) in [5, 5.41) is 9.88. The number of benzene rings is 1. The first-order chi connectivity index (χ1) is 10.2. The zero-order valence-electron chi connectivity index (χ0n) is 11.7. The molecule has 104 valence electrons. The summed E-state index contributed by atoms with van der Waals surface area (Å²) in [6.07, 6.45) is 3.26. The molecule has 0 saturated heterocycles. The van der Waals surface area contributed by atoms with Gasteiger partial charge in [-0.05, 0) is 37.1 Å². The van der Waals surface area contributed by atoms with Crippen LogP contribution in [0.1, 0.15) is 17.0 Å². The van der Waals surface area contributed by atoms with Crippen molar-refractivity contribution < 1.29 is 9.84 Å². The van der Waals surface area contributed by atoms with E-state index in [0.717, 1.165) is 11.3 Å². The van der Waals surface area contributed by atoms with Gasteiger partial charge in [0.25, 0.3) is 0 Å². The van der Waals surface area contributed by atoms with Gasteiger partial charge < -0.3 is 9.84 Å². The van der Waals surface area contributed by atoms with Crippen LogP contribution >= 0.6 is 0 Å². The molecule has 0 aliphatic rings. The lowest BCUT2D eigenvalue weighted by Gasteiger charge is -1.98. The molecule has 1 aromatic carbocycles. The molecular formula is C16H13N3O2. The van der Waals surface area contributed by atoms with Crippen LogP contribution in [0.5, 0.6) is 11.6 Å². The van der Waals surface area contributed by atoms with E-state index in [4.69, 9.17) is 4.74 Å². The summed E-state index contributed by atoms with van der Waals surface area (Å²) in [4.78, 5) is 8.40. The molecule has 2 aromatic heterocycles. The number of rotatable bonds is 1. The second kappa shape index (κ2) is 5.17. The highest BCUT2D eigenvalue weighted by atomic mass is 16.5. The van der Waals surface area contributed by atoms with E-state index in [0.29, 0.717) is 17.0 Å². The number of imidazole rings is 1. The van der Waals surface area contributed by atoms with Crippen LogP contribution in [0.3, 0.4) is 0 Å². The quantitative estimate of drug-likeness (QED) is 0.693. The average molecular weight is 279 g/mol. The minimum absolute atomic E-state index is 0.111. The van der Waals surface area contributed by atoms with Crippen LogP contribution in [0.4, 0.5) is 0 Å². The number of fused-ring (bicyclic) bond motifs is 1. The molecule has 0 saturated carbocycles. The predicted molar refractivity (Wildman–Crippen MR) is 78.4 cm³/mol. The van der Waals surface area contributed by atoms with E-state index in [1.165, 1.54) is 0 Å². The van der Waals surface area contributed by atoms with Gasteiger partial charge in [-0.2, -0.15) is 0 Å². The number of aromatic nitrogens is 3. The third kappa shape index (κ3) is 2.51. The SMILES string of the molecule is COc1ccc(C#Cc2cn3c(O)c(C)nc3cn2)cc1. The summed E-state index contributed by atoms with van der Waals surface area (Å²) in [6.45, 7) is 1.74. The molecule has 0 unspecified atom stereocenters. The lowest BCUT2D eigenvalue weighted by molar-refractivity contribution is 0.415. The van der Waals surface area contributed by atoms with Crippen LogP contribution in [0.25, 0.3) is 5.65 Å². The molecule has 2 heterocycles. The molecule has 1 N–H and O–H groups in total. The second-order valence-electron chi connectivity index (χ2n) is 4.50. The van der Waals surface area contributed by atoms with Gasteiger partial charge in [-0.25, -0.2) is 9.97 Å². The van der Waals surface area contributed by atoms with Gasteiger partial charge in [0.15, 0.2) is 5.65 Å². The van der Waals surface area contributed by atoms with Gasteiger partial charge >= 0.3 is 0 Å². The van der Waals surface area contributed by atoms with Gasteiger partial charge in [0.2, 0.25) is 5.88 Å². The zero-order chi connectivity index (χ0) is 14.8. The van der Waals surface area contributed by atoms with Crippen molar-refractivity contribution in [3.8, 4) is 23.5 Å². The van der Waals surface area contributed by atoms with Crippen LogP contribution < -0.4 is 4.74 Å². The van der Waals surface area contributed by atoms with E-state index >= 15 is 0 Å². The predicted octanol–water partition coefficient (Wildman–Crippen LogP) is 2.15. The Bertz CT molecular complexity index is 855. The van der Waals surface area contributed by atoms with Gasteiger partial charge in [0.1, 0.15) is 17.1 Å². The van der Waals surface area contributed by atoms with Crippen molar-refractivity contribution in [3.63, 3.8) is 0 Å². The summed E-state index contributed by atoms with van der Waals surface area (Å²) in [7, 11) is 1.62. The maximum atomic E-state index is 9.88. The van der Waals surface area contributed by atoms with Crippen LogP contribution in [0, 0.1) is 18.8 Å². The van der Waals surface area contributed by atoms with Crippen molar-refractivity contribution in [1.82, 2.24) is 14.4 Å². The van der Waals surface area contributed by atoms with Crippen LogP contribution in [0.2, 0.25) is 0 Å². The Hall–Kier alpha value is -3.00. The Morgan fingerprint density at radius 1 is 1.19 bits per heavy atom. The van der Waals surface area contributed by atoms with Gasteiger partial charge in [0.05, 0.1) is 13.3 Å². The van der Waals surface area contributed by atoms with Crippen molar-refractivity contribution in [2.45, 2.75) is 6.92 Å². The maximum absolute atomic E-state index is 9.88. The van der Waals surface area contributed by atoms with Crippen LogP contribution in [-0.2, 0) is 0 Å². The number of hydrogen-bond donors (Lipinski definition) is 1. The molecule has 0 aliphatic carbocycles. The molecule has 21 heavy (non-hydrogen) atoms. The summed E-state index contributed by atoms with van der Waals surface area (Å²) >= 11 is 0. The topological polar surface area (TPSA) is 59.7 Å².